The molecule has 1 saturated heterocycles. The topological polar surface area (TPSA) is 18.8 Å². The zero-order valence-electron chi connectivity index (χ0n) is 11.1. The van der Waals surface area contributed by atoms with Crippen LogP contribution >= 0.6 is 0 Å². The van der Waals surface area contributed by atoms with Gasteiger partial charge < -0.3 is 9.62 Å². The molecule has 0 bridgehead atoms. The molecule has 91 valence electrons. The second-order valence-corrected chi connectivity index (χ2v) is 5.12. The average molecular weight is 240 g/mol. The Balaban J connectivity index is 2.07. The Labute approximate surface area is 109 Å². The Hall–Kier alpha value is -1.59. The largest absolute Gasteiger partial charge is 0.361 e. The lowest BCUT2D eigenvalue weighted by Crippen LogP contribution is -2.44. The van der Waals surface area contributed by atoms with Crippen LogP contribution in [0.5, 0.6) is 0 Å². The summed E-state index contributed by atoms with van der Waals surface area (Å²) in [6, 6.07) is 0. The van der Waals surface area contributed by atoms with Crippen LogP contribution in [0.3, 0.4) is 0 Å². The van der Waals surface area contributed by atoms with E-state index in [4.69, 9.17) is 0 Å². The molecule has 0 saturated carbocycles. The lowest BCUT2D eigenvalue weighted by atomic mass is 10.1. The van der Waals surface area contributed by atoms with Gasteiger partial charge in [0.15, 0.2) is 0 Å². The van der Waals surface area contributed by atoms with Crippen LogP contribution in [0.4, 0.5) is 0 Å². The van der Waals surface area contributed by atoms with E-state index in [2.05, 4.69) is 49.2 Å². The number of nitrogens with zero attached hydrogens (tertiary/aromatic N) is 4. The third kappa shape index (κ3) is 1.38. The molecule has 1 spiro atoms. The SMILES string of the molecule is C=C1C[N+]23C=CC=CC2=NC(C)=C3N1[B]N(C)C. The van der Waals surface area contributed by atoms with Crippen molar-refractivity contribution in [3.8, 4) is 0 Å². The van der Waals surface area contributed by atoms with Gasteiger partial charge in [-0.25, -0.2) is 0 Å². The summed E-state index contributed by atoms with van der Waals surface area (Å²) in [5.41, 5.74) is 2.17. The molecule has 0 aromatic carbocycles. The molecule has 18 heavy (non-hydrogen) atoms. The van der Waals surface area contributed by atoms with E-state index in [1.54, 1.807) is 0 Å². The predicted octanol–water partition coefficient (Wildman–Crippen LogP) is 1.41. The van der Waals surface area contributed by atoms with E-state index in [1.165, 1.54) is 5.82 Å². The molecule has 1 unspecified atom stereocenters. The number of aliphatic imine (C=N–C) groups is 1. The van der Waals surface area contributed by atoms with E-state index in [0.717, 1.165) is 23.8 Å². The second-order valence-electron chi connectivity index (χ2n) is 5.12. The van der Waals surface area contributed by atoms with Crippen LogP contribution < -0.4 is 0 Å². The molecule has 1 atom stereocenters. The maximum Gasteiger partial charge on any atom is 0.361 e. The summed E-state index contributed by atoms with van der Waals surface area (Å²) in [7, 11) is 6.11. The van der Waals surface area contributed by atoms with Crippen LogP contribution in [0.15, 0.2) is 53.2 Å². The molecule has 3 rings (SSSR count). The van der Waals surface area contributed by atoms with Crippen molar-refractivity contribution in [1.82, 2.24) is 9.62 Å². The highest BCUT2D eigenvalue weighted by molar-refractivity contribution is 6.30. The standard InChI is InChI=1S/C13H17BN4/c1-10-9-18-8-6-5-7-12(18)15-11(2)13(18)17(10)14-16(3)4/h5-8H,1,9H2,2-4H3/q+1. The van der Waals surface area contributed by atoms with Crippen LogP contribution in [0.1, 0.15) is 6.92 Å². The summed E-state index contributed by atoms with van der Waals surface area (Å²) in [6.07, 6.45) is 8.41. The number of amidine groups is 1. The van der Waals surface area contributed by atoms with Crippen molar-refractivity contribution >= 4 is 13.4 Å². The van der Waals surface area contributed by atoms with Crippen molar-refractivity contribution in [3.63, 3.8) is 0 Å². The van der Waals surface area contributed by atoms with Gasteiger partial charge in [-0.3, -0.25) is 0 Å². The molecule has 0 aliphatic carbocycles. The van der Waals surface area contributed by atoms with E-state index in [1.807, 2.05) is 25.0 Å². The highest BCUT2D eigenvalue weighted by Gasteiger charge is 2.52. The minimum atomic E-state index is 0.686. The van der Waals surface area contributed by atoms with Gasteiger partial charge in [0.2, 0.25) is 11.7 Å². The van der Waals surface area contributed by atoms with Crippen molar-refractivity contribution in [3.05, 3.63) is 48.2 Å². The zero-order valence-corrected chi connectivity index (χ0v) is 11.1. The lowest BCUT2D eigenvalue weighted by molar-refractivity contribution is -0.732. The minimum absolute atomic E-state index is 0.686. The molecule has 5 heteroatoms. The normalized spacial score (nSPS) is 29.0. The summed E-state index contributed by atoms with van der Waals surface area (Å²) >= 11 is 0. The van der Waals surface area contributed by atoms with Gasteiger partial charge >= 0.3 is 7.55 Å². The third-order valence-corrected chi connectivity index (χ3v) is 3.44. The molecule has 1 fully saturated rings. The molecule has 3 aliphatic rings. The van der Waals surface area contributed by atoms with Gasteiger partial charge in [-0.05, 0) is 33.2 Å². The van der Waals surface area contributed by atoms with E-state index < -0.39 is 0 Å². The molecule has 4 nitrogen and oxygen atoms in total. The smallest absolute Gasteiger partial charge is 0.332 e. The van der Waals surface area contributed by atoms with Gasteiger partial charge in [-0.15, -0.1) is 0 Å². The van der Waals surface area contributed by atoms with E-state index >= 15 is 0 Å². The van der Waals surface area contributed by atoms with Crippen LogP contribution in [0.2, 0.25) is 0 Å². The molecular weight excluding hydrogens is 223 g/mol. The Bertz CT molecular complexity index is 541. The second kappa shape index (κ2) is 3.70. The van der Waals surface area contributed by atoms with Crippen LogP contribution in [0, 0.1) is 0 Å². The quantitative estimate of drug-likeness (QED) is 0.537. The summed E-state index contributed by atoms with van der Waals surface area (Å²) in [5, 5.41) is 0. The summed E-state index contributed by atoms with van der Waals surface area (Å²) < 4.78 is 0.686. The molecule has 1 radical (unpaired) electrons. The van der Waals surface area contributed by atoms with Gasteiger partial charge in [-0.1, -0.05) is 6.58 Å². The fourth-order valence-corrected chi connectivity index (χ4v) is 2.82. The summed E-state index contributed by atoms with van der Waals surface area (Å²) in [6.45, 7) is 7.12. The average Bonchev–Trinajstić information content (AvgIpc) is 2.71. The maximum atomic E-state index is 4.69. The molecule has 3 heterocycles. The van der Waals surface area contributed by atoms with Crippen LogP contribution in [-0.2, 0) is 0 Å². The zero-order chi connectivity index (χ0) is 12.9. The predicted molar refractivity (Wildman–Crippen MR) is 74.0 cm³/mol. The van der Waals surface area contributed by atoms with Crippen molar-refractivity contribution in [2.24, 2.45) is 4.99 Å². The summed E-state index contributed by atoms with van der Waals surface area (Å²) in [5.74, 6) is 2.28. The van der Waals surface area contributed by atoms with E-state index in [-0.39, 0.29) is 0 Å². The first kappa shape index (κ1) is 11.5. The lowest BCUT2D eigenvalue weighted by Gasteiger charge is -2.28. The first-order chi connectivity index (χ1) is 8.54. The first-order valence-corrected chi connectivity index (χ1v) is 6.07. The van der Waals surface area contributed by atoms with Gasteiger partial charge in [0.1, 0.15) is 18.4 Å². The number of allylic oxidation sites excluding steroid dienone is 3. The summed E-state index contributed by atoms with van der Waals surface area (Å²) in [4.78, 5) is 8.89. The van der Waals surface area contributed by atoms with Crippen LogP contribution in [-0.4, -0.2) is 48.1 Å². The number of hydrogen-bond acceptors (Lipinski definition) is 3. The molecule has 0 aromatic rings. The van der Waals surface area contributed by atoms with Crippen molar-refractivity contribution in [2.75, 3.05) is 20.6 Å². The Morgan fingerprint density at radius 3 is 2.94 bits per heavy atom. The third-order valence-electron chi connectivity index (χ3n) is 3.44. The Morgan fingerprint density at radius 1 is 1.44 bits per heavy atom. The minimum Gasteiger partial charge on any atom is -0.332 e. The van der Waals surface area contributed by atoms with Crippen molar-refractivity contribution in [1.29, 1.82) is 0 Å². The van der Waals surface area contributed by atoms with Crippen molar-refractivity contribution < 1.29 is 4.48 Å². The van der Waals surface area contributed by atoms with Gasteiger partial charge in [0, 0.05) is 6.08 Å². The molecular formula is C13H17BN4+. The Kier molecular flexibility index (Phi) is 2.37. The fraction of sp³-hybridized carbons (Fsp3) is 0.308. The number of hydrogen-bond donors (Lipinski definition) is 0. The maximum absolute atomic E-state index is 4.69. The fourth-order valence-electron chi connectivity index (χ4n) is 2.82. The van der Waals surface area contributed by atoms with E-state index in [9.17, 15) is 0 Å². The Morgan fingerprint density at radius 2 is 2.22 bits per heavy atom. The van der Waals surface area contributed by atoms with Gasteiger partial charge in [-0.2, -0.15) is 9.48 Å². The van der Waals surface area contributed by atoms with Gasteiger partial charge in [0.05, 0.1) is 5.70 Å². The molecule has 0 amide bonds. The first-order valence-electron chi connectivity index (χ1n) is 6.07. The molecule has 0 N–H and O–H groups in total. The molecule has 0 aromatic heterocycles. The van der Waals surface area contributed by atoms with Gasteiger partial charge in [0.25, 0.3) is 0 Å². The highest BCUT2D eigenvalue weighted by atomic mass is 15.6. The van der Waals surface area contributed by atoms with Crippen LogP contribution in [0.25, 0.3) is 0 Å². The van der Waals surface area contributed by atoms with E-state index in [0.29, 0.717) is 4.48 Å². The number of quaternary nitrogens is 1. The number of rotatable bonds is 2. The monoisotopic (exact) mass is 240 g/mol. The molecule has 3 aliphatic heterocycles. The highest BCUT2D eigenvalue weighted by Crippen LogP contribution is 2.42. The van der Waals surface area contributed by atoms with Crippen molar-refractivity contribution in [2.45, 2.75) is 6.92 Å².